The van der Waals surface area contributed by atoms with E-state index in [-0.39, 0.29) is 5.88 Å². The van der Waals surface area contributed by atoms with Crippen molar-refractivity contribution in [3.8, 4) is 11.3 Å². The van der Waals surface area contributed by atoms with Gasteiger partial charge in [-0.1, -0.05) is 52.7 Å². The third kappa shape index (κ3) is 4.36. The summed E-state index contributed by atoms with van der Waals surface area (Å²) in [6.07, 6.45) is 0. The summed E-state index contributed by atoms with van der Waals surface area (Å²) in [5.74, 6) is -0.864. The van der Waals surface area contributed by atoms with Gasteiger partial charge in [0.1, 0.15) is 5.69 Å². The maximum Gasteiger partial charge on any atom is 0.338 e. The summed E-state index contributed by atoms with van der Waals surface area (Å²) in [4.78, 5) is 23.9. The third-order valence-electron chi connectivity index (χ3n) is 3.71. The topological polar surface area (TPSA) is 81.4 Å². The number of nitrogens with zero attached hydrogens (tertiary/aromatic N) is 1. The minimum atomic E-state index is -0.554. The van der Waals surface area contributed by atoms with Crippen molar-refractivity contribution < 1.29 is 18.8 Å². The number of aromatic nitrogens is 1. The normalized spacial score (nSPS) is 10.4. The van der Waals surface area contributed by atoms with Gasteiger partial charge < -0.3 is 9.26 Å². The molecule has 1 amide bonds. The van der Waals surface area contributed by atoms with Gasteiger partial charge in [-0.05, 0) is 26.0 Å². The Labute approximate surface area is 150 Å². The van der Waals surface area contributed by atoms with Crippen LogP contribution in [0.4, 0.5) is 5.88 Å². The molecule has 3 aromatic rings. The van der Waals surface area contributed by atoms with Gasteiger partial charge in [-0.15, -0.1) is 0 Å². The van der Waals surface area contributed by atoms with Crippen molar-refractivity contribution in [1.29, 1.82) is 0 Å². The number of hydrogen-bond acceptors (Lipinski definition) is 5. The van der Waals surface area contributed by atoms with Gasteiger partial charge in [-0.25, -0.2) is 4.79 Å². The molecule has 0 saturated heterocycles. The molecule has 0 bridgehead atoms. The number of carbonyl (C=O) groups excluding carboxylic acids is 2. The summed E-state index contributed by atoms with van der Waals surface area (Å²) in [7, 11) is 0. The van der Waals surface area contributed by atoms with Crippen LogP contribution in [0.1, 0.15) is 21.5 Å². The Morgan fingerprint density at radius 2 is 1.81 bits per heavy atom. The Morgan fingerprint density at radius 1 is 1.04 bits per heavy atom. The van der Waals surface area contributed by atoms with Crippen molar-refractivity contribution in [2.45, 2.75) is 13.8 Å². The lowest BCUT2D eigenvalue weighted by molar-refractivity contribution is -0.119. The first-order chi connectivity index (χ1) is 12.5. The summed E-state index contributed by atoms with van der Waals surface area (Å²) in [6.45, 7) is 3.46. The molecule has 1 aromatic heterocycles. The average molecular weight is 350 g/mol. The molecule has 2 aromatic carbocycles. The van der Waals surface area contributed by atoms with Gasteiger partial charge in [0.05, 0.1) is 5.56 Å². The van der Waals surface area contributed by atoms with Crippen LogP contribution >= 0.6 is 0 Å². The van der Waals surface area contributed by atoms with Crippen molar-refractivity contribution in [1.82, 2.24) is 5.16 Å². The molecule has 0 unspecified atom stereocenters. The van der Waals surface area contributed by atoms with E-state index in [0.29, 0.717) is 11.3 Å². The fourth-order valence-corrected chi connectivity index (χ4v) is 2.35. The first-order valence-electron chi connectivity index (χ1n) is 8.08. The molecule has 3 rings (SSSR count). The van der Waals surface area contributed by atoms with Crippen molar-refractivity contribution >= 4 is 17.8 Å². The van der Waals surface area contributed by atoms with Crippen molar-refractivity contribution in [3.63, 3.8) is 0 Å². The highest BCUT2D eigenvalue weighted by Gasteiger charge is 2.13. The van der Waals surface area contributed by atoms with Crippen LogP contribution < -0.4 is 5.32 Å². The minimum absolute atomic E-state index is 0.192. The van der Waals surface area contributed by atoms with Crippen LogP contribution in [0.25, 0.3) is 11.3 Å². The molecule has 1 N–H and O–H groups in total. The van der Waals surface area contributed by atoms with Crippen molar-refractivity contribution in [3.05, 3.63) is 71.3 Å². The first-order valence-corrected chi connectivity index (χ1v) is 8.08. The zero-order valence-corrected chi connectivity index (χ0v) is 14.5. The highest BCUT2D eigenvalue weighted by atomic mass is 16.5. The van der Waals surface area contributed by atoms with Crippen LogP contribution in [-0.4, -0.2) is 23.6 Å². The van der Waals surface area contributed by atoms with E-state index in [1.807, 2.05) is 44.2 Å². The summed E-state index contributed by atoms with van der Waals surface area (Å²) >= 11 is 0. The van der Waals surface area contributed by atoms with Crippen LogP contribution in [0, 0.1) is 13.8 Å². The van der Waals surface area contributed by atoms with Gasteiger partial charge in [0.15, 0.2) is 6.61 Å². The number of amides is 1. The van der Waals surface area contributed by atoms with Gasteiger partial charge in [-0.3, -0.25) is 10.1 Å². The summed E-state index contributed by atoms with van der Waals surface area (Å²) in [5.41, 5.74) is 3.97. The average Bonchev–Trinajstić information content (AvgIpc) is 3.08. The van der Waals surface area contributed by atoms with E-state index < -0.39 is 18.5 Å². The third-order valence-corrected chi connectivity index (χ3v) is 3.71. The lowest BCUT2D eigenvalue weighted by atomic mass is 10.1. The Balaban J connectivity index is 1.55. The Bertz CT molecular complexity index is 929. The van der Waals surface area contributed by atoms with Crippen molar-refractivity contribution in [2.24, 2.45) is 0 Å². The van der Waals surface area contributed by atoms with Crippen LogP contribution in [0.2, 0.25) is 0 Å². The standard InChI is InChI=1S/C20H18N2O4/c1-13-6-8-15(9-7-13)17-11-19(26-22-17)21-18(23)12-25-20(24)16-5-3-4-14(2)10-16/h3-11H,12H2,1-2H3,(H,21,23). The van der Waals surface area contributed by atoms with E-state index >= 15 is 0 Å². The zero-order valence-electron chi connectivity index (χ0n) is 14.5. The highest BCUT2D eigenvalue weighted by Crippen LogP contribution is 2.22. The molecular weight excluding hydrogens is 332 g/mol. The summed E-state index contributed by atoms with van der Waals surface area (Å²) in [6, 6.07) is 16.4. The molecule has 0 aliphatic carbocycles. The zero-order chi connectivity index (χ0) is 18.5. The fraction of sp³-hybridized carbons (Fsp3) is 0.150. The number of benzene rings is 2. The minimum Gasteiger partial charge on any atom is -0.452 e. The largest absolute Gasteiger partial charge is 0.452 e. The number of ether oxygens (including phenoxy) is 1. The number of aryl methyl sites for hydroxylation is 2. The molecule has 0 fully saturated rings. The van der Waals surface area contributed by atoms with Crippen molar-refractivity contribution in [2.75, 3.05) is 11.9 Å². The van der Waals surface area contributed by atoms with E-state index in [0.717, 1.165) is 16.7 Å². The summed E-state index contributed by atoms with van der Waals surface area (Å²) < 4.78 is 10.1. The first kappa shape index (κ1) is 17.4. The van der Waals surface area contributed by atoms with Crippen LogP contribution in [-0.2, 0) is 9.53 Å². The number of carbonyl (C=O) groups is 2. The molecule has 0 spiro atoms. The highest BCUT2D eigenvalue weighted by molar-refractivity contribution is 5.95. The molecule has 1 heterocycles. The van der Waals surface area contributed by atoms with E-state index in [4.69, 9.17) is 9.26 Å². The van der Waals surface area contributed by atoms with Gasteiger partial charge in [-0.2, -0.15) is 0 Å². The molecule has 6 nitrogen and oxygen atoms in total. The molecule has 132 valence electrons. The predicted octanol–water partition coefficient (Wildman–Crippen LogP) is 3.75. The second kappa shape index (κ2) is 7.65. The fourth-order valence-electron chi connectivity index (χ4n) is 2.35. The number of esters is 1. The molecular formula is C20H18N2O4. The number of anilines is 1. The number of nitrogens with one attached hydrogen (secondary N) is 1. The molecule has 0 radical (unpaired) electrons. The number of hydrogen-bond donors (Lipinski definition) is 1. The molecule has 0 aliphatic heterocycles. The molecule has 6 heteroatoms. The smallest absolute Gasteiger partial charge is 0.338 e. The molecule has 0 atom stereocenters. The Hall–Kier alpha value is -3.41. The maximum atomic E-state index is 11.9. The van der Waals surface area contributed by atoms with E-state index in [2.05, 4.69) is 10.5 Å². The van der Waals surface area contributed by atoms with E-state index in [1.54, 1.807) is 24.3 Å². The lowest BCUT2D eigenvalue weighted by Gasteiger charge is -2.05. The lowest BCUT2D eigenvalue weighted by Crippen LogP contribution is -2.20. The second-order valence-corrected chi connectivity index (χ2v) is 5.94. The summed E-state index contributed by atoms with van der Waals surface area (Å²) in [5, 5.41) is 6.44. The van der Waals surface area contributed by atoms with E-state index in [1.165, 1.54) is 0 Å². The van der Waals surface area contributed by atoms with Crippen LogP contribution in [0.5, 0.6) is 0 Å². The number of rotatable bonds is 5. The Kier molecular flexibility index (Phi) is 5.12. The maximum absolute atomic E-state index is 11.9. The van der Waals surface area contributed by atoms with Gasteiger partial charge in [0.25, 0.3) is 5.91 Å². The van der Waals surface area contributed by atoms with Crippen LogP contribution in [0.3, 0.4) is 0 Å². The van der Waals surface area contributed by atoms with Gasteiger partial charge in [0, 0.05) is 11.6 Å². The van der Waals surface area contributed by atoms with Gasteiger partial charge in [0.2, 0.25) is 5.88 Å². The quantitative estimate of drug-likeness (QED) is 0.709. The molecule has 0 aliphatic rings. The SMILES string of the molecule is Cc1ccc(-c2cc(NC(=O)COC(=O)c3cccc(C)c3)on2)cc1. The van der Waals surface area contributed by atoms with E-state index in [9.17, 15) is 9.59 Å². The predicted molar refractivity (Wildman–Crippen MR) is 96.8 cm³/mol. The Morgan fingerprint density at radius 3 is 2.54 bits per heavy atom. The monoisotopic (exact) mass is 350 g/mol. The van der Waals surface area contributed by atoms with Crippen LogP contribution in [0.15, 0.2) is 59.1 Å². The molecule has 0 saturated carbocycles. The van der Waals surface area contributed by atoms with Gasteiger partial charge >= 0.3 is 5.97 Å². The second-order valence-electron chi connectivity index (χ2n) is 5.94. The molecule has 26 heavy (non-hydrogen) atoms.